The molecule has 0 aliphatic carbocycles. The maximum absolute atomic E-state index is 13.1. The maximum Gasteiger partial charge on any atom is 0.412 e. The van der Waals surface area contributed by atoms with E-state index >= 15 is 0 Å². The molecule has 2 amide bonds. The standard InChI is InChI=1S/C31H36N6O3/c1-3-12-37(13-4-2)21-22-14-24-10-11-25(17-28(24)36-29(32)16-22)30(38)35-26-15-23(18-33-20-26)19-34-31(39)40-27-8-6-5-7-9-27/h5-11,14-15,17-18,20H,3-4,12-13,16,19,21H2,1-2H3,(H2,32,36)(H,34,39)(H,35,38). The number of amides is 2. The summed E-state index contributed by atoms with van der Waals surface area (Å²) in [6.45, 7) is 7.50. The van der Waals surface area contributed by atoms with E-state index in [4.69, 9.17) is 10.5 Å². The third-order valence-electron chi connectivity index (χ3n) is 6.27. The van der Waals surface area contributed by atoms with Gasteiger partial charge in [-0.15, -0.1) is 0 Å². The summed E-state index contributed by atoms with van der Waals surface area (Å²) in [6, 6.07) is 16.0. The Kier molecular flexibility index (Phi) is 10.0. The number of fused-ring (bicyclic) bond motifs is 1. The highest BCUT2D eigenvalue weighted by molar-refractivity contribution is 6.05. The first-order chi connectivity index (χ1) is 19.4. The molecule has 0 unspecified atom stereocenters. The zero-order valence-electron chi connectivity index (χ0n) is 23.0. The number of nitrogens with zero attached hydrogens (tertiary/aromatic N) is 3. The second-order valence-electron chi connectivity index (χ2n) is 9.72. The Bertz CT molecular complexity index is 1380. The average Bonchev–Trinajstić information content (AvgIpc) is 3.09. The number of ether oxygens (including phenoxy) is 1. The smallest absolute Gasteiger partial charge is 0.410 e. The molecule has 3 aromatic rings. The van der Waals surface area contributed by atoms with E-state index in [1.165, 1.54) is 5.57 Å². The van der Waals surface area contributed by atoms with E-state index < -0.39 is 6.09 Å². The molecule has 2 aromatic carbocycles. The van der Waals surface area contributed by atoms with Gasteiger partial charge in [-0.05, 0) is 67.4 Å². The largest absolute Gasteiger partial charge is 0.412 e. The third kappa shape index (κ3) is 8.25. The van der Waals surface area contributed by atoms with Crippen LogP contribution in [0.5, 0.6) is 5.75 Å². The number of nitrogens with one attached hydrogen (secondary N) is 2. The first-order valence-electron chi connectivity index (χ1n) is 13.6. The number of carbonyl (C=O) groups excluding carboxylic acids is 2. The highest BCUT2D eigenvalue weighted by Gasteiger charge is 2.16. The van der Waals surface area contributed by atoms with Crippen molar-refractivity contribution in [2.45, 2.75) is 39.7 Å². The highest BCUT2D eigenvalue weighted by Crippen LogP contribution is 2.28. The van der Waals surface area contributed by atoms with Crippen LogP contribution < -0.4 is 21.1 Å². The Morgan fingerprint density at radius 3 is 2.55 bits per heavy atom. The molecule has 9 heteroatoms. The summed E-state index contributed by atoms with van der Waals surface area (Å²) in [5, 5.41) is 5.56. The summed E-state index contributed by atoms with van der Waals surface area (Å²) < 4.78 is 5.23. The normalized spacial score (nSPS) is 12.6. The number of hydrogen-bond donors (Lipinski definition) is 3. The lowest BCUT2D eigenvalue weighted by Gasteiger charge is -2.22. The predicted octanol–water partition coefficient (Wildman–Crippen LogP) is 5.52. The third-order valence-corrected chi connectivity index (χ3v) is 6.27. The number of pyridine rings is 1. The quantitative estimate of drug-likeness (QED) is 0.294. The van der Waals surface area contributed by atoms with Gasteiger partial charge in [-0.25, -0.2) is 9.79 Å². The predicted molar refractivity (Wildman–Crippen MR) is 159 cm³/mol. The SMILES string of the molecule is CCCN(CCC)CC1=Cc2ccc(C(=O)Nc3cncc(CNC(=O)Oc4ccccc4)c3)cc2N=C(N)C1. The molecule has 0 fully saturated rings. The number of aromatic nitrogens is 1. The van der Waals surface area contributed by atoms with Crippen molar-refractivity contribution in [1.82, 2.24) is 15.2 Å². The molecule has 4 N–H and O–H groups in total. The molecule has 1 aliphatic rings. The number of aliphatic imine (C=N–C) groups is 1. The zero-order chi connectivity index (χ0) is 28.3. The minimum atomic E-state index is -0.578. The summed E-state index contributed by atoms with van der Waals surface area (Å²) in [7, 11) is 0. The van der Waals surface area contributed by atoms with E-state index in [1.54, 1.807) is 54.9 Å². The monoisotopic (exact) mass is 540 g/mol. The molecule has 0 saturated carbocycles. The summed E-state index contributed by atoms with van der Waals surface area (Å²) >= 11 is 0. The van der Waals surface area contributed by atoms with Gasteiger partial charge in [0.05, 0.1) is 17.6 Å². The van der Waals surface area contributed by atoms with E-state index in [1.807, 2.05) is 12.1 Å². The number of anilines is 1. The Balaban J connectivity index is 1.40. The van der Waals surface area contributed by atoms with Crippen molar-refractivity contribution in [3.05, 3.63) is 89.3 Å². The van der Waals surface area contributed by atoms with E-state index in [9.17, 15) is 9.59 Å². The van der Waals surface area contributed by atoms with Crippen LogP contribution in [-0.2, 0) is 6.54 Å². The number of benzene rings is 2. The summed E-state index contributed by atoms with van der Waals surface area (Å²) in [5.74, 6) is 0.691. The van der Waals surface area contributed by atoms with Gasteiger partial charge in [0, 0.05) is 36.8 Å². The van der Waals surface area contributed by atoms with Crippen molar-refractivity contribution in [3.8, 4) is 5.75 Å². The molecular weight excluding hydrogens is 504 g/mol. The second kappa shape index (κ2) is 14.0. The minimum absolute atomic E-state index is 0.192. The molecule has 208 valence electrons. The molecule has 1 aromatic heterocycles. The molecule has 40 heavy (non-hydrogen) atoms. The summed E-state index contributed by atoms with van der Waals surface area (Å²) in [5.41, 5.74) is 10.8. The lowest BCUT2D eigenvalue weighted by molar-refractivity contribution is 0.102. The fourth-order valence-electron chi connectivity index (χ4n) is 4.55. The zero-order valence-corrected chi connectivity index (χ0v) is 23.0. The van der Waals surface area contributed by atoms with Crippen molar-refractivity contribution < 1.29 is 14.3 Å². The van der Waals surface area contributed by atoms with E-state index in [0.717, 1.165) is 38.0 Å². The molecule has 2 heterocycles. The van der Waals surface area contributed by atoms with Gasteiger partial charge in [-0.2, -0.15) is 0 Å². The average molecular weight is 541 g/mol. The van der Waals surface area contributed by atoms with E-state index in [2.05, 4.69) is 45.4 Å². The van der Waals surface area contributed by atoms with Gasteiger partial charge >= 0.3 is 6.09 Å². The lowest BCUT2D eigenvalue weighted by atomic mass is 10.0. The molecule has 4 rings (SSSR count). The minimum Gasteiger partial charge on any atom is -0.410 e. The fourth-order valence-corrected chi connectivity index (χ4v) is 4.55. The first kappa shape index (κ1) is 28.5. The number of para-hydroxylation sites is 1. The van der Waals surface area contributed by atoms with Crippen LogP contribution in [0.1, 0.15) is 54.6 Å². The maximum atomic E-state index is 13.1. The molecular formula is C31H36N6O3. The topological polar surface area (TPSA) is 122 Å². The van der Waals surface area contributed by atoms with Gasteiger partial charge in [0.15, 0.2) is 0 Å². The molecule has 0 saturated heterocycles. The van der Waals surface area contributed by atoms with Crippen LogP contribution in [0.15, 0.2) is 77.6 Å². The Morgan fingerprint density at radius 2 is 1.80 bits per heavy atom. The van der Waals surface area contributed by atoms with E-state index in [0.29, 0.717) is 40.5 Å². The van der Waals surface area contributed by atoms with Crippen molar-refractivity contribution in [1.29, 1.82) is 0 Å². The summed E-state index contributed by atoms with van der Waals surface area (Å²) in [4.78, 5) is 36.4. The molecule has 9 nitrogen and oxygen atoms in total. The van der Waals surface area contributed by atoms with Crippen LogP contribution in [0.25, 0.3) is 6.08 Å². The van der Waals surface area contributed by atoms with Gasteiger partial charge in [0.25, 0.3) is 5.91 Å². The number of hydrogen-bond acceptors (Lipinski definition) is 7. The van der Waals surface area contributed by atoms with Crippen molar-refractivity contribution in [3.63, 3.8) is 0 Å². The fraction of sp³-hybridized carbons (Fsp3) is 0.290. The highest BCUT2D eigenvalue weighted by atomic mass is 16.6. The van der Waals surface area contributed by atoms with Crippen molar-refractivity contribution in [2.75, 3.05) is 25.0 Å². The molecule has 1 aliphatic heterocycles. The van der Waals surface area contributed by atoms with Gasteiger partial charge in [0.1, 0.15) is 11.6 Å². The number of rotatable bonds is 11. The van der Waals surface area contributed by atoms with Crippen molar-refractivity contribution >= 4 is 35.3 Å². The van der Waals surface area contributed by atoms with Crippen LogP contribution >= 0.6 is 0 Å². The van der Waals surface area contributed by atoms with E-state index in [-0.39, 0.29) is 12.5 Å². The van der Waals surface area contributed by atoms with Gasteiger partial charge < -0.3 is 21.1 Å². The van der Waals surface area contributed by atoms with Crippen LogP contribution in [0.2, 0.25) is 0 Å². The van der Waals surface area contributed by atoms with Crippen LogP contribution in [0, 0.1) is 0 Å². The number of nitrogens with two attached hydrogens (primary N) is 1. The molecule has 0 radical (unpaired) electrons. The molecule has 0 spiro atoms. The summed E-state index contributed by atoms with van der Waals surface area (Å²) in [6.07, 6.45) is 7.53. The Morgan fingerprint density at radius 1 is 1.02 bits per heavy atom. The number of amidine groups is 1. The molecule has 0 atom stereocenters. The van der Waals surface area contributed by atoms with Crippen molar-refractivity contribution in [2.24, 2.45) is 10.7 Å². The Labute approximate surface area is 235 Å². The van der Waals surface area contributed by atoms with Crippen LogP contribution in [0.4, 0.5) is 16.2 Å². The first-order valence-corrected chi connectivity index (χ1v) is 13.6. The van der Waals surface area contributed by atoms with Gasteiger partial charge in [-0.3, -0.25) is 14.7 Å². The second-order valence-corrected chi connectivity index (χ2v) is 9.72. The molecule has 0 bridgehead atoms. The van der Waals surface area contributed by atoms with Crippen LogP contribution in [0.3, 0.4) is 0 Å². The van der Waals surface area contributed by atoms with Crippen LogP contribution in [-0.4, -0.2) is 47.4 Å². The lowest BCUT2D eigenvalue weighted by Crippen LogP contribution is -2.28. The number of carbonyl (C=O) groups is 2. The van der Waals surface area contributed by atoms with Gasteiger partial charge in [0.2, 0.25) is 0 Å². The van der Waals surface area contributed by atoms with Gasteiger partial charge in [-0.1, -0.05) is 44.2 Å². The Hall–Kier alpha value is -4.50.